The van der Waals surface area contributed by atoms with Crippen LogP contribution in [0, 0.1) is 13.8 Å². The van der Waals surface area contributed by atoms with E-state index in [-0.39, 0.29) is 0 Å². The molecule has 0 aliphatic carbocycles. The Hall–Kier alpha value is -2.24. The number of aliphatic hydroxyl groups excluding tert-OH is 1. The number of hydrogen-bond donors (Lipinski definition) is 1. The molecule has 1 N–H and O–H groups in total. The average Bonchev–Trinajstić information content (AvgIpc) is 2.69. The third-order valence-corrected chi connectivity index (χ3v) is 5.04. The molecular weight excluding hydrogens is 340 g/mol. The summed E-state index contributed by atoms with van der Waals surface area (Å²) in [4.78, 5) is 4.64. The molecule has 1 saturated heterocycles. The summed E-state index contributed by atoms with van der Waals surface area (Å²) in [5.41, 5.74) is 3.40. The van der Waals surface area contributed by atoms with Gasteiger partial charge in [0.2, 0.25) is 0 Å². The second-order valence-electron chi connectivity index (χ2n) is 7.19. The van der Waals surface area contributed by atoms with Gasteiger partial charge in [-0.05, 0) is 43.2 Å². The summed E-state index contributed by atoms with van der Waals surface area (Å²) >= 11 is 0. The second-order valence-corrected chi connectivity index (χ2v) is 7.19. The van der Waals surface area contributed by atoms with Gasteiger partial charge in [0.15, 0.2) is 0 Å². The van der Waals surface area contributed by atoms with E-state index >= 15 is 0 Å². The fraction of sp³-hybridized carbons (Fsp3) is 0.455. The Morgan fingerprint density at radius 3 is 2.48 bits per heavy atom. The zero-order chi connectivity index (χ0) is 19.2. The molecule has 3 rings (SSSR count). The molecule has 1 aliphatic rings. The topological polar surface area (TPSA) is 45.2 Å². The molecule has 0 saturated carbocycles. The molecule has 2 aromatic rings. The summed E-state index contributed by atoms with van der Waals surface area (Å²) in [6.07, 6.45) is -0.497. The molecule has 2 aromatic carbocycles. The van der Waals surface area contributed by atoms with Crippen LogP contribution in [-0.4, -0.2) is 62.6 Å². The van der Waals surface area contributed by atoms with Crippen molar-refractivity contribution in [3.63, 3.8) is 0 Å². The van der Waals surface area contributed by atoms with Crippen molar-refractivity contribution in [1.82, 2.24) is 4.90 Å². The Labute approximate surface area is 162 Å². The molecule has 1 heterocycles. The molecule has 1 fully saturated rings. The number of β-amino-alcohol motifs (C(OH)–C–C–N with tert-alkyl or cyclic N) is 1. The smallest absolute Gasteiger partial charge is 0.142 e. The van der Waals surface area contributed by atoms with Crippen molar-refractivity contribution in [2.45, 2.75) is 20.0 Å². The number of aliphatic hydroxyl groups is 1. The Morgan fingerprint density at radius 1 is 1.00 bits per heavy atom. The summed E-state index contributed by atoms with van der Waals surface area (Å²) in [7, 11) is 1.71. The van der Waals surface area contributed by atoms with Gasteiger partial charge in [-0.15, -0.1) is 0 Å². The maximum absolute atomic E-state index is 10.4. The van der Waals surface area contributed by atoms with E-state index in [0.29, 0.717) is 13.2 Å². The van der Waals surface area contributed by atoms with Gasteiger partial charge in [-0.25, -0.2) is 0 Å². The maximum Gasteiger partial charge on any atom is 0.142 e. The highest BCUT2D eigenvalue weighted by Gasteiger charge is 2.21. The van der Waals surface area contributed by atoms with E-state index in [1.165, 1.54) is 0 Å². The van der Waals surface area contributed by atoms with Crippen LogP contribution in [0.1, 0.15) is 11.1 Å². The summed E-state index contributed by atoms with van der Waals surface area (Å²) < 4.78 is 11.3. The number of para-hydroxylation sites is 2. The van der Waals surface area contributed by atoms with Crippen molar-refractivity contribution < 1.29 is 14.6 Å². The summed E-state index contributed by atoms with van der Waals surface area (Å²) in [5.74, 6) is 1.77. The molecule has 5 heteroatoms. The Bertz CT molecular complexity index is 742. The van der Waals surface area contributed by atoms with Crippen molar-refractivity contribution in [2.24, 2.45) is 0 Å². The van der Waals surface area contributed by atoms with E-state index in [4.69, 9.17) is 9.47 Å². The molecular formula is C22H30N2O3. The van der Waals surface area contributed by atoms with Crippen molar-refractivity contribution in [1.29, 1.82) is 0 Å². The first-order chi connectivity index (χ1) is 13.1. The summed E-state index contributed by atoms with van der Waals surface area (Å²) in [5, 5.41) is 10.4. The average molecular weight is 370 g/mol. The first-order valence-corrected chi connectivity index (χ1v) is 9.55. The number of rotatable bonds is 7. The van der Waals surface area contributed by atoms with Crippen LogP contribution in [0.25, 0.3) is 0 Å². The standard InChI is InChI=1S/C22H30N2O3/c1-17-8-9-18(2)22(14-17)27-16-19(25)15-23-10-12-24(13-11-23)20-6-4-5-7-21(20)26-3/h4-9,14,19,25H,10-13,15-16H2,1-3H3. The van der Waals surface area contributed by atoms with Crippen LogP contribution in [-0.2, 0) is 0 Å². The van der Waals surface area contributed by atoms with Gasteiger partial charge in [0, 0.05) is 32.7 Å². The molecule has 0 bridgehead atoms. The lowest BCUT2D eigenvalue weighted by atomic mass is 10.1. The third-order valence-electron chi connectivity index (χ3n) is 5.04. The van der Waals surface area contributed by atoms with Gasteiger partial charge in [0.05, 0.1) is 12.8 Å². The molecule has 1 atom stereocenters. The van der Waals surface area contributed by atoms with Gasteiger partial charge in [0.1, 0.15) is 24.2 Å². The predicted octanol–water partition coefficient (Wildman–Crippen LogP) is 2.87. The molecule has 0 amide bonds. The monoisotopic (exact) mass is 370 g/mol. The van der Waals surface area contributed by atoms with Crippen LogP contribution in [0.2, 0.25) is 0 Å². The van der Waals surface area contributed by atoms with Crippen LogP contribution in [0.5, 0.6) is 11.5 Å². The molecule has 27 heavy (non-hydrogen) atoms. The minimum absolute atomic E-state index is 0.316. The molecule has 0 radical (unpaired) electrons. The highest BCUT2D eigenvalue weighted by Crippen LogP contribution is 2.28. The molecule has 146 valence electrons. The van der Waals surface area contributed by atoms with Crippen LogP contribution >= 0.6 is 0 Å². The fourth-order valence-corrected chi connectivity index (χ4v) is 3.46. The molecule has 0 aromatic heterocycles. The summed E-state index contributed by atoms with van der Waals surface area (Å²) in [6.45, 7) is 8.69. The minimum Gasteiger partial charge on any atom is -0.495 e. The first kappa shape index (κ1) is 19.5. The SMILES string of the molecule is COc1ccccc1N1CCN(CC(O)COc2cc(C)ccc2C)CC1. The van der Waals surface area contributed by atoms with Gasteiger partial charge in [-0.2, -0.15) is 0 Å². The lowest BCUT2D eigenvalue weighted by Gasteiger charge is -2.37. The van der Waals surface area contributed by atoms with Crippen molar-refractivity contribution in [2.75, 3.05) is 51.3 Å². The van der Waals surface area contributed by atoms with Crippen molar-refractivity contribution >= 4 is 5.69 Å². The Kier molecular flexibility index (Phi) is 6.58. The summed E-state index contributed by atoms with van der Waals surface area (Å²) in [6, 6.07) is 14.3. The van der Waals surface area contributed by atoms with E-state index in [1.54, 1.807) is 7.11 Å². The normalized spacial score (nSPS) is 16.2. The van der Waals surface area contributed by atoms with Crippen molar-refractivity contribution in [3.8, 4) is 11.5 Å². The molecule has 1 unspecified atom stereocenters. The number of benzene rings is 2. The van der Waals surface area contributed by atoms with Crippen LogP contribution in [0.3, 0.4) is 0 Å². The first-order valence-electron chi connectivity index (χ1n) is 9.55. The zero-order valence-electron chi connectivity index (χ0n) is 16.5. The zero-order valence-corrected chi connectivity index (χ0v) is 16.5. The highest BCUT2D eigenvalue weighted by molar-refractivity contribution is 5.58. The van der Waals surface area contributed by atoms with Gasteiger partial charge >= 0.3 is 0 Å². The second kappa shape index (κ2) is 9.11. The van der Waals surface area contributed by atoms with E-state index < -0.39 is 6.10 Å². The molecule has 0 spiro atoms. The Morgan fingerprint density at radius 2 is 1.74 bits per heavy atom. The van der Waals surface area contributed by atoms with Gasteiger partial charge in [0.25, 0.3) is 0 Å². The van der Waals surface area contributed by atoms with E-state index in [2.05, 4.69) is 21.9 Å². The fourth-order valence-electron chi connectivity index (χ4n) is 3.46. The quantitative estimate of drug-likeness (QED) is 0.812. The molecule has 5 nitrogen and oxygen atoms in total. The number of aryl methyl sites for hydroxylation is 2. The number of nitrogens with zero attached hydrogens (tertiary/aromatic N) is 2. The maximum atomic E-state index is 10.4. The van der Waals surface area contributed by atoms with Crippen LogP contribution < -0.4 is 14.4 Å². The number of anilines is 1. The number of piperazine rings is 1. The number of ether oxygens (including phenoxy) is 2. The predicted molar refractivity (Wildman–Crippen MR) is 109 cm³/mol. The van der Waals surface area contributed by atoms with Gasteiger partial charge < -0.3 is 19.5 Å². The molecule has 1 aliphatic heterocycles. The van der Waals surface area contributed by atoms with Crippen LogP contribution in [0.15, 0.2) is 42.5 Å². The highest BCUT2D eigenvalue weighted by atomic mass is 16.5. The lowest BCUT2D eigenvalue weighted by molar-refractivity contribution is 0.0660. The number of hydrogen-bond acceptors (Lipinski definition) is 5. The number of methoxy groups -OCH3 is 1. The van der Waals surface area contributed by atoms with E-state index in [9.17, 15) is 5.11 Å². The van der Waals surface area contributed by atoms with E-state index in [0.717, 1.165) is 54.5 Å². The van der Waals surface area contributed by atoms with Gasteiger partial charge in [-0.1, -0.05) is 24.3 Å². The van der Waals surface area contributed by atoms with Crippen LogP contribution in [0.4, 0.5) is 5.69 Å². The van der Waals surface area contributed by atoms with Gasteiger partial charge in [-0.3, -0.25) is 4.90 Å². The largest absolute Gasteiger partial charge is 0.495 e. The van der Waals surface area contributed by atoms with E-state index in [1.807, 2.05) is 44.2 Å². The minimum atomic E-state index is -0.497. The lowest BCUT2D eigenvalue weighted by Crippen LogP contribution is -2.49. The Balaban J connectivity index is 1.46. The third kappa shape index (κ3) is 5.15. The van der Waals surface area contributed by atoms with Crippen molar-refractivity contribution in [3.05, 3.63) is 53.6 Å².